The van der Waals surface area contributed by atoms with Gasteiger partial charge in [0.2, 0.25) is 0 Å². The zero-order chi connectivity index (χ0) is 18.8. The third-order valence-electron chi connectivity index (χ3n) is 3.68. The molecule has 2 amide bonds. The molecule has 0 spiro atoms. The van der Waals surface area contributed by atoms with Crippen molar-refractivity contribution in [1.82, 2.24) is 4.90 Å². The molecule has 130 valence electrons. The maximum absolute atomic E-state index is 12.6. The van der Waals surface area contributed by atoms with Gasteiger partial charge in [-0.25, -0.2) is 0 Å². The number of rotatable bonds is 3. The van der Waals surface area contributed by atoms with Gasteiger partial charge in [0, 0.05) is 0 Å². The third-order valence-corrected chi connectivity index (χ3v) is 5.48. The number of imide groups is 1. The van der Waals surface area contributed by atoms with Crippen LogP contribution < -0.4 is 0 Å². The minimum atomic E-state index is -0.437. The molecule has 3 rings (SSSR count). The maximum Gasteiger partial charge on any atom is 0.293 e. The lowest BCUT2D eigenvalue weighted by molar-refractivity contribution is -0.123. The van der Waals surface area contributed by atoms with E-state index in [0.717, 1.165) is 16.7 Å². The first kappa shape index (κ1) is 18.5. The fraction of sp³-hybridized carbons (Fsp3) is 0.0556. The predicted molar refractivity (Wildman–Crippen MR) is 103 cm³/mol. The average molecular weight is 450 g/mol. The van der Waals surface area contributed by atoms with Crippen molar-refractivity contribution in [2.45, 2.75) is 6.54 Å². The van der Waals surface area contributed by atoms with E-state index in [9.17, 15) is 14.7 Å². The molecule has 2 aromatic rings. The van der Waals surface area contributed by atoms with E-state index >= 15 is 0 Å². The highest BCUT2D eigenvalue weighted by Gasteiger charge is 2.35. The Morgan fingerprint density at radius 1 is 1.31 bits per heavy atom. The number of phenols is 1. The summed E-state index contributed by atoms with van der Waals surface area (Å²) in [5, 5.41) is 18.6. The van der Waals surface area contributed by atoms with E-state index in [1.807, 2.05) is 0 Å². The minimum absolute atomic E-state index is 0.0335. The largest absolute Gasteiger partial charge is 0.505 e. The number of nitrogens with zero attached hydrogens (tertiary/aromatic N) is 2. The number of carbonyl (C=O) groups is 2. The Bertz CT molecular complexity index is 977. The second kappa shape index (κ2) is 7.54. The van der Waals surface area contributed by atoms with Gasteiger partial charge in [0.05, 0.1) is 32.6 Å². The van der Waals surface area contributed by atoms with E-state index in [1.165, 1.54) is 12.1 Å². The fourth-order valence-electron chi connectivity index (χ4n) is 2.39. The molecule has 0 unspecified atom stereocenters. The van der Waals surface area contributed by atoms with Crippen molar-refractivity contribution in [3.63, 3.8) is 0 Å². The third kappa shape index (κ3) is 3.63. The Hall–Kier alpha value is -2.27. The van der Waals surface area contributed by atoms with Crippen LogP contribution in [0, 0.1) is 11.3 Å². The van der Waals surface area contributed by atoms with Crippen molar-refractivity contribution >= 4 is 56.5 Å². The van der Waals surface area contributed by atoms with Crippen LogP contribution in [-0.4, -0.2) is 21.2 Å². The standard InChI is InChI=1S/C18H10BrClN2O3S/c19-13-5-10(6-14(20)16(13)23)7-15-17(24)22(18(25)26-15)9-12-4-2-1-3-11(12)8-21/h1-7,23H,9H2/b15-7+. The molecule has 0 aromatic heterocycles. The number of carbonyl (C=O) groups excluding carboxylic acids is 2. The number of hydrogen-bond donors (Lipinski definition) is 1. The zero-order valence-corrected chi connectivity index (χ0v) is 16.2. The van der Waals surface area contributed by atoms with Crippen LogP contribution in [0.3, 0.4) is 0 Å². The Morgan fingerprint density at radius 3 is 2.73 bits per heavy atom. The summed E-state index contributed by atoms with van der Waals surface area (Å²) in [7, 11) is 0. The molecule has 26 heavy (non-hydrogen) atoms. The molecule has 1 saturated heterocycles. The lowest BCUT2D eigenvalue weighted by Crippen LogP contribution is -2.27. The lowest BCUT2D eigenvalue weighted by atomic mass is 10.1. The highest BCUT2D eigenvalue weighted by molar-refractivity contribution is 9.10. The first-order valence-corrected chi connectivity index (χ1v) is 9.31. The van der Waals surface area contributed by atoms with Gasteiger partial charge >= 0.3 is 0 Å². The predicted octanol–water partition coefficient (Wildman–Crippen LogP) is 4.92. The molecular weight excluding hydrogens is 440 g/mol. The van der Waals surface area contributed by atoms with Crippen LogP contribution in [0.5, 0.6) is 5.75 Å². The molecule has 0 radical (unpaired) electrons. The number of phenolic OH excluding ortho intramolecular Hbond substituents is 1. The molecule has 0 bridgehead atoms. The van der Waals surface area contributed by atoms with Gasteiger partial charge in [0.15, 0.2) is 0 Å². The second-order valence-corrected chi connectivity index (χ2v) is 7.62. The fourth-order valence-corrected chi connectivity index (χ4v) is 4.05. The van der Waals surface area contributed by atoms with Crippen LogP contribution >= 0.6 is 39.3 Å². The quantitative estimate of drug-likeness (QED) is 0.673. The summed E-state index contributed by atoms with van der Waals surface area (Å²) in [5.41, 5.74) is 1.60. The van der Waals surface area contributed by atoms with E-state index in [2.05, 4.69) is 22.0 Å². The molecule has 1 N–H and O–H groups in total. The van der Waals surface area contributed by atoms with Crippen molar-refractivity contribution in [3.8, 4) is 11.8 Å². The number of benzene rings is 2. The molecule has 1 aliphatic rings. The molecule has 8 heteroatoms. The van der Waals surface area contributed by atoms with Crippen LogP contribution in [-0.2, 0) is 11.3 Å². The van der Waals surface area contributed by atoms with E-state index < -0.39 is 11.1 Å². The normalized spacial score (nSPS) is 15.6. The first-order valence-electron chi connectivity index (χ1n) is 7.32. The van der Waals surface area contributed by atoms with E-state index in [1.54, 1.807) is 30.3 Å². The second-order valence-electron chi connectivity index (χ2n) is 5.37. The van der Waals surface area contributed by atoms with Gasteiger partial charge in [-0.05, 0) is 63.1 Å². The lowest BCUT2D eigenvalue weighted by Gasteiger charge is -2.13. The van der Waals surface area contributed by atoms with Crippen LogP contribution in [0.1, 0.15) is 16.7 Å². The molecule has 1 heterocycles. The molecule has 0 saturated carbocycles. The summed E-state index contributed by atoms with van der Waals surface area (Å²) in [6, 6.07) is 12.0. The Kier molecular flexibility index (Phi) is 5.37. The van der Waals surface area contributed by atoms with E-state index in [-0.39, 0.29) is 22.2 Å². The average Bonchev–Trinajstić information content (AvgIpc) is 2.87. The van der Waals surface area contributed by atoms with E-state index in [4.69, 9.17) is 16.9 Å². The summed E-state index contributed by atoms with van der Waals surface area (Å²) in [6.45, 7) is 0.0335. The van der Waals surface area contributed by atoms with Crippen LogP contribution in [0.15, 0.2) is 45.8 Å². The van der Waals surface area contributed by atoms with Gasteiger partial charge in [-0.3, -0.25) is 14.5 Å². The van der Waals surface area contributed by atoms with Crippen molar-refractivity contribution in [3.05, 3.63) is 67.5 Å². The topological polar surface area (TPSA) is 81.4 Å². The number of amides is 2. The molecule has 1 aliphatic heterocycles. The molecule has 0 aliphatic carbocycles. The maximum atomic E-state index is 12.6. The molecule has 0 atom stereocenters. The van der Waals surface area contributed by atoms with Crippen molar-refractivity contribution in [2.75, 3.05) is 0 Å². The number of thioether (sulfide) groups is 1. The monoisotopic (exact) mass is 448 g/mol. The SMILES string of the molecule is N#Cc1ccccc1CN1C(=O)S/C(=C/c2cc(Cl)c(O)c(Br)c2)C1=O. The van der Waals surface area contributed by atoms with Crippen LogP contribution in [0.2, 0.25) is 5.02 Å². The number of nitriles is 1. The highest BCUT2D eigenvalue weighted by Crippen LogP contribution is 2.37. The summed E-state index contributed by atoms with van der Waals surface area (Å²) in [6.07, 6.45) is 1.54. The molecule has 2 aromatic carbocycles. The van der Waals surface area contributed by atoms with Gasteiger partial charge < -0.3 is 5.11 Å². The van der Waals surface area contributed by atoms with Gasteiger partial charge in [0.1, 0.15) is 5.75 Å². The zero-order valence-electron chi connectivity index (χ0n) is 13.1. The highest BCUT2D eigenvalue weighted by atomic mass is 79.9. The smallest absolute Gasteiger partial charge is 0.293 e. The number of aromatic hydroxyl groups is 1. The summed E-state index contributed by atoms with van der Waals surface area (Å²) >= 11 is 9.93. The molecular formula is C18H10BrClN2O3S. The van der Waals surface area contributed by atoms with Crippen LogP contribution in [0.4, 0.5) is 4.79 Å². The summed E-state index contributed by atoms with van der Waals surface area (Å²) in [5.74, 6) is -0.530. The van der Waals surface area contributed by atoms with Gasteiger partial charge in [-0.15, -0.1) is 0 Å². The van der Waals surface area contributed by atoms with Gasteiger partial charge in [-0.2, -0.15) is 5.26 Å². The van der Waals surface area contributed by atoms with Crippen molar-refractivity contribution in [1.29, 1.82) is 5.26 Å². The number of halogens is 2. The first-order chi connectivity index (χ1) is 12.4. The Morgan fingerprint density at radius 2 is 2.04 bits per heavy atom. The van der Waals surface area contributed by atoms with E-state index in [0.29, 0.717) is 21.2 Å². The van der Waals surface area contributed by atoms with Gasteiger partial charge in [-0.1, -0.05) is 29.8 Å². The van der Waals surface area contributed by atoms with Crippen molar-refractivity contribution in [2.24, 2.45) is 0 Å². The molecule has 5 nitrogen and oxygen atoms in total. The van der Waals surface area contributed by atoms with Gasteiger partial charge in [0.25, 0.3) is 11.1 Å². The Balaban J connectivity index is 1.89. The number of hydrogen-bond acceptors (Lipinski definition) is 5. The summed E-state index contributed by atoms with van der Waals surface area (Å²) in [4.78, 5) is 26.2. The van der Waals surface area contributed by atoms with Crippen molar-refractivity contribution < 1.29 is 14.7 Å². The minimum Gasteiger partial charge on any atom is -0.505 e. The Labute approximate surface area is 167 Å². The molecule has 1 fully saturated rings. The van der Waals surface area contributed by atoms with Crippen LogP contribution in [0.25, 0.3) is 6.08 Å². The summed E-state index contributed by atoms with van der Waals surface area (Å²) < 4.78 is 0.387.